The number of nitrogens with zero attached hydrogens (tertiary/aromatic N) is 2. The van der Waals surface area contributed by atoms with E-state index >= 15 is 0 Å². The molecule has 0 saturated heterocycles. The number of rotatable bonds is 8. The standard InChI is InChI=1S/C22H26N4O5S2/c1-30-18-11-10-16(12-19(18)31-2)24-22(27)15-8-6-14(7-9-15)13-23-33(28,29)20-5-3-4-17-21(20)26-32-25-17/h3-5,10-12,14-15,23H,6-9,13H2,1-2H3,(H,24,27). The van der Waals surface area contributed by atoms with Crippen molar-refractivity contribution < 1.29 is 22.7 Å². The number of benzene rings is 2. The molecule has 9 nitrogen and oxygen atoms in total. The minimum absolute atomic E-state index is 0.0380. The van der Waals surface area contributed by atoms with Gasteiger partial charge in [0, 0.05) is 24.2 Å². The van der Waals surface area contributed by atoms with Crippen LogP contribution in [-0.2, 0) is 14.8 Å². The third-order valence-electron chi connectivity index (χ3n) is 5.97. The highest BCUT2D eigenvalue weighted by Crippen LogP contribution is 2.32. The average molecular weight is 491 g/mol. The van der Waals surface area contributed by atoms with Crippen molar-refractivity contribution in [3.8, 4) is 11.5 Å². The van der Waals surface area contributed by atoms with Gasteiger partial charge in [-0.3, -0.25) is 4.79 Å². The van der Waals surface area contributed by atoms with Gasteiger partial charge in [0.1, 0.15) is 15.9 Å². The van der Waals surface area contributed by atoms with Crippen molar-refractivity contribution >= 4 is 44.4 Å². The number of hydrogen-bond acceptors (Lipinski definition) is 8. The first-order chi connectivity index (χ1) is 15.9. The molecule has 1 heterocycles. The third-order valence-corrected chi connectivity index (χ3v) is 7.97. The first kappa shape index (κ1) is 23.4. The number of anilines is 1. The Labute approximate surface area is 196 Å². The number of amides is 1. The Morgan fingerprint density at radius 1 is 1.06 bits per heavy atom. The molecule has 176 valence electrons. The molecule has 1 aliphatic rings. The second-order valence-corrected chi connectivity index (χ2v) is 10.3. The van der Waals surface area contributed by atoms with Crippen molar-refractivity contribution in [2.75, 3.05) is 26.1 Å². The fourth-order valence-electron chi connectivity index (χ4n) is 4.09. The van der Waals surface area contributed by atoms with Gasteiger partial charge in [0.25, 0.3) is 0 Å². The number of nitrogens with one attached hydrogen (secondary N) is 2. The molecule has 2 N–H and O–H groups in total. The summed E-state index contributed by atoms with van der Waals surface area (Å²) in [6.07, 6.45) is 2.96. The van der Waals surface area contributed by atoms with Crippen LogP contribution in [0.25, 0.3) is 11.0 Å². The Balaban J connectivity index is 1.30. The molecule has 2 aromatic carbocycles. The maximum atomic E-state index is 12.8. The number of methoxy groups -OCH3 is 2. The van der Waals surface area contributed by atoms with Crippen molar-refractivity contribution in [2.45, 2.75) is 30.6 Å². The monoisotopic (exact) mass is 490 g/mol. The Morgan fingerprint density at radius 3 is 2.55 bits per heavy atom. The van der Waals surface area contributed by atoms with Gasteiger partial charge in [0.15, 0.2) is 11.5 Å². The van der Waals surface area contributed by atoms with Crippen LogP contribution in [0.2, 0.25) is 0 Å². The molecular formula is C22H26N4O5S2. The van der Waals surface area contributed by atoms with Gasteiger partial charge in [-0.2, -0.15) is 8.75 Å². The van der Waals surface area contributed by atoms with E-state index in [0.717, 1.165) is 24.6 Å². The highest BCUT2D eigenvalue weighted by atomic mass is 32.2. The van der Waals surface area contributed by atoms with Crippen molar-refractivity contribution in [1.29, 1.82) is 0 Å². The van der Waals surface area contributed by atoms with Gasteiger partial charge in [0.05, 0.1) is 25.9 Å². The largest absolute Gasteiger partial charge is 0.493 e. The summed E-state index contributed by atoms with van der Waals surface area (Å²) in [7, 11) is -0.577. The zero-order valence-corrected chi connectivity index (χ0v) is 20.0. The predicted octanol–water partition coefficient (Wildman–Crippen LogP) is 3.43. The number of ether oxygens (including phenoxy) is 2. The molecule has 0 aliphatic heterocycles. The number of carbonyl (C=O) groups excluding carboxylic acids is 1. The molecule has 11 heteroatoms. The van der Waals surface area contributed by atoms with Crippen LogP contribution in [0.5, 0.6) is 11.5 Å². The molecule has 0 unspecified atom stereocenters. The lowest BCUT2D eigenvalue weighted by atomic mass is 9.81. The predicted molar refractivity (Wildman–Crippen MR) is 126 cm³/mol. The van der Waals surface area contributed by atoms with Crippen LogP contribution >= 0.6 is 11.7 Å². The molecule has 1 saturated carbocycles. The van der Waals surface area contributed by atoms with Gasteiger partial charge in [-0.25, -0.2) is 13.1 Å². The molecule has 3 aromatic rings. The summed E-state index contributed by atoms with van der Waals surface area (Å²) in [5.41, 5.74) is 1.62. The summed E-state index contributed by atoms with van der Waals surface area (Å²) in [5, 5.41) is 2.95. The van der Waals surface area contributed by atoms with Crippen LogP contribution < -0.4 is 19.5 Å². The summed E-state index contributed by atoms with van der Waals surface area (Å²) >= 11 is 0.993. The van der Waals surface area contributed by atoms with Crippen LogP contribution in [0, 0.1) is 11.8 Å². The van der Waals surface area contributed by atoms with Crippen LogP contribution in [0.15, 0.2) is 41.3 Å². The van der Waals surface area contributed by atoms with Crippen LogP contribution in [0.3, 0.4) is 0 Å². The van der Waals surface area contributed by atoms with Crippen LogP contribution in [0.4, 0.5) is 5.69 Å². The topological polar surface area (TPSA) is 120 Å². The molecule has 0 radical (unpaired) electrons. The fourth-order valence-corrected chi connectivity index (χ4v) is 5.97. The Bertz CT molecular complexity index is 1240. The number of hydrogen-bond donors (Lipinski definition) is 2. The number of fused-ring (bicyclic) bond motifs is 1. The Hall–Kier alpha value is -2.76. The third kappa shape index (κ3) is 5.26. The molecule has 0 bridgehead atoms. The Morgan fingerprint density at radius 2 is 1.82 bits per heavy atom. The lowest BCUT2D eigenvalue weighted by molar-refractivity contribution is -0.121. The highest BCUT2D eigenvalue weighted by Gasteiger charge is 2.28. The van der Waals surface area contributed by atoms with Gasteiger partial charge < -0.3 is 14.8 Å². The maximum absolute atomic E-state index is 12.8. The van der Waals surface area contributed by atoms with Gasteiger partial charge in [-0.05, 0) is 55.9 Å². The van der Waals surface area contributed by atoms with Gasteiger partial charge >= 0.3 is 0 Å². The van der Waals surface area contributed by atoms with E-state index in [0.29, 0.717) is 47.6 Å². The molecule has 4 rings (SSSR count). The van der Waals surface area contributed by atoms with Gasteiger partial charge in [-0.15, -0.1) is 0 Å². The number of aromatic nitrogens is 2. The average Bonchev–Trinajstić information content (AvgIpc) is 3.32. The number of sulfonamides is 1. The first-order valence-corrected chi connectivity index (χ1v) is 12.9. The van der Waals surface area contributed by atoms with Crippen molar-refractivity contribution in [3.05, 3.63) is 36.4 Å². The summed E-state index contributed by atoms with van der Waals surface area (Å²) in [6.45, 7) is 0.334. The van der Waals surface area contributed by atoms with E-state index in [1.807, 2.05) is 0 Å². The van der Waals surface area contributed by atoms with Crippen molar-refractivity contribution in [1.82, 2.24) is 13.5 Å². The number of carbonyl (C=O) groups is 1. The van der Waals surface area contributed by atoms with Gasteiger partial charge in [0.2, 0.25) is 15.9 Å². The van der Waals surface area contributed by atoms with Gasteiger partial charge in [-0.1, -0.05) is 6.07 Å². The van der Waals surface area contributed by atoms with Crippen molar-refractivity contribution in [3.63, 3.8) is 0 Å². The second-order valence-electron chi connectivity index (χ2n) is 8.02. The first-order valence-electron chi connectivity index (χ1n) is 10.6. The normalized spacial score (nSPS) is 18.7. The summed E-state index contributed by atoms with van der Waals surface area (Å²) in [6, 6.07) is 10.2. The van der Waals surface area contributed by atoms with E-state index in [1.165, 1.54) is 0 Å². The molecule has 0 spiro atoms. The summed E-state index contributed by atoms with van der Waals surface area (Å²) in [5.74, 6) is 1.18. The summed E-state index contributed by atoms with van der Waals surface area (Å²) < 4.78 is 47.1. The zero-order chi connectivity index (χ0) is 23.4. The molecular weight excluding hydrogens is 464 g/mol. The smallest absolute Gasteiger partial charge is 0.242 e. The fraction of sp³-hybridized carbons (Fsp3) is 0.409. The lowest BCUT2D eigenvalue weighted by Gasteiger charge is -2.28. The lowest BCUT2D eigenvalue weighted by Crippen LogP contribution is -2.33. The van der Waals surface area contributed by atoms with E-state index in [4.69, 9.17) is 9.47 Å². The van der Waals surface area contributed by atoms with E-state index < -0.39 is 10.0 Å². The molecule has 1 aromatic heterocycles. The second kappa shape index (κ2) is 10.0. The molecule has 33 heavy (non-hydrogen) atoms. The zero-order valence-electron chi connectivity index (χ0n) is 18.4. The minimum Gasteiger partial charge on any atom is -0.493 e. The highest BCUT2D eigenvalue weighted by molar-refractivity contribution is 7.89. The quantitative estimate of drug-likeness (QED) is 0.496. The van der Waals surface area contributed by atoms with E-state index in [2.05, 4.69) is 18.8 Å². The van der Waals surface area contributed by atoms with Crippen LogP contribution in [0.1, 0.15) is 25.7 Å². The van der Waals surface area contributed by atoms with E-state index in [-0.39, 0.29) is 22.6 Å². The molecule has 1 amide bonds. The SMILES string of the molecule is COc1ccc(NC(=O)C2CCC(CNS(=O)(=O)c3cccc4nsnc34)CC2)cc1OC. The Kier molecular flexibility index (Phi) is 7.11. The van der Waals surface area contributed by atoms with Crippen molar-refractivity contribution in [2.24, 2.45) is 11.8 Å². The summed E-state index contributed by atoms with van der Waals surface area (Å²) in [4.78, 5) is 12.9. The molecule has 0 atom stereocenters. The van der Waals surface area contributed by atoms with E-state index in [9.17, 15) is 13.2 Å². The maximum Gasteiger partial charge on any atom is 0.242 e. The van der Waals surface area contributed by atoms with E-state index in [1.54, 1.807) is 50.6 Å². The molecule has 1 aliphatic carbocycles. The minimum atomic E-state index is -3.69. The van der Waals surface area contributed by atoms with Crippen LogP contribution in [-0.4, -0.2) is 43.8 Å². The molecule has 1 fully saturated rings.